The van der Waals surface area contributed by atoms with E-state index in [9.17, 15) is 0 Å². The van der Waals surface area contributed by atoms with Crippen molar-refractivity contribution >= 4 is 48.0 Å². The SMILES string of the molecule is I.I.NCCCCCN. The molecule has 0 unspecified atom stereocenters. The summed E-state index contributed by atoms with van der Waals surface area (Å²) in [5, 5.41) is 0. The molecule has 0 spiro atoms. The lowest BCUT2D eigenvalue weighted by atomic mass is 10.2. The maximum Gasteiger partial charge on any atom is -0.00773 e. The van der Waals surface area contributed by atoms with E-state index in [-0.39, 0.29) is 48.0 Å². The highest BCUT2D eigenvalue weighted by Crippen LogP contribution is 1.88. The highest BCUT2D eigenvalue weighted by molar-refractivity contribution is 14.0. The zero-order valence-corrected chi connectivity index (χ0v) is 10.2. The van der Waals surface area contributed by atoms with Crippen molar-refractivity contribution in [2.45, 2.75) is 19.3 Å². The summed E-state index contributed by atoms with van der Waals surface area (Å²) in [5.74, 6) is 0. The van der Waals surface area contributed by atoms with Crippen molar-refractivity contribution in [3.05, 3.63) is 0 Å². The Labute approximate surface area is 91.2 Å². The highest BCUT2D eigenvalue weighted by atomic mass is 127. The van der Waals surface area contributed by atoms with Gasteiger partial charge >= 0.3 is 0 Å². The fourth-order valence-corrected chi connectivity index (χ4v) is 0.465. The normalized spacial score (nSPS) is 7.33. The van der Waals surface area contributed by atoms with Crippen LogP contribution in [0.2, 0.25) is 0 Å². The molecule has 4 N–H and O–H groups in total. The molecule has 0 heterocycles. The molecule has 2 nitrogen and oxygen atoms in total. The zero-order valence-electron chi connectivity index (χ0n) is 5.51. The smallest absolute Gasteiger partial charge is 0.00773 e. The van der Waals surface area contributed by atoms with Crippen LogP contribution in [0.3, 0.4) is 0 Å². The largest absolute Gasteiger partial charge is 0.330 e. The molecule has 0 atom stereocenters. The first-order chi connectivity index (χ1) is 3.41. The summed E-state index contributed by atoms with van der Waals surface area (Å²) < 4.78 is 0. The van der Waals surface area contributed by atoms with E-state index in [1.165, 1.54) is 6.42 Å². The molecule has 0 aromatic heterocycles. The van der Waals surface area contributed by atoms with Gasteiger partial charge < -0.3 is 11.5 Å². The molecule has 0 aliphatic carbocycles. The average molecular weight is 358 g/mol. The highest BCUT2D eigenvalue weighted by Gasteiger charge is 1.80. The van der Waals surface area contributed by atoms with Gasteiger partial charge in [-0.25, -0.2) is 0 Å². The molecule has 9 heavy (non-hydrogen) atoms. The Kier molecular flexibility index (Phi) is 30.2. The summed E-state index contributed by atoms with van der Waals surface area (Å²) in [6.45, 7) is 1.61. The average Bonchev–Trinajstić information content (AvgIpc) is 1.69. The molecule has 0 saturated heterocycles. The minimum Gasteiger partial charge on any atom is -0.330 e. The van der Waals surface area contributed by atoms with E-state index in [1.807, 2.05) is 0 Å². The summed E-state index contributed by atoms with van der Waals surface area (Å²) in [4.78, 5) is 0. The Morgan fingerprint density at radius 3 is 1.22 bits per heavy atom. The van der Waals surface area contributed by atoms with Gasteiger partial charge in [-0.05, 0) is 25.9 Å². The second-order valence-electron chi connectivity index (χ2n) is 1.64. The van der Waals surface area contributed by atoms with E-state index >= 15 is 0 Å². The lowest BCUT2D eigenvalue weighted by Gasteiger charge is -1.91. The molecular formula is C5H16I2N2. The molecular weight excluding hydrogens is 342 g/mol. The molecule has 0 aliphatic heterocycles. The van der Waals surface area contributed by atoms with Crippen molar-refractivity contribution in [3.63, 3.8) is 0 Å². The summed E-state index contributed by atoms with van der Waals surface area (Å²) in [6, 6.07) is 0. The van der Waals surface area contributed by atoms with Crippen LogP contribution in [-0.4, -0.2) is 13.1 Å². The lowest BCUT2D eigenvalue weighted by molar-refractivity contribution is 0.695. The summed E-state index contributed by atoms with van der Waals surface area (Å²) in [7, 11) is 0. The van der Waals surface area contributed by atoms with Crippen molar-refractivity contribution < 1.29 is 0 Å². The third-order valence-electron chi connectivity index (χ3n) is 0.908. The Balaban J connectivity index is -0.000000180. The van der Waals surface area contributed by atoms with Crippen LogP contribution in [0.15, 0.2) is 0 Å². The number of rotatable bonds is 4. The Morgan fingerprint density at radius 2 is 1.00 bits per heavy atom. The van der Waals surface area contributed by atoms with Crippen LogP contribution in [0.1, 0.15) is 19.3 Å². The van der Waals surface area contributed by atoms with Crippen LogP contribution >= 0.6 is 48.0 Å². The summed E-state index contributed by atoms with van der Waals surface area (Å²) in [6.07, 6.45) is 3.43. The van der Waals surface area contributed by atoms with E-state index in [1.54, 1.807) is 0 Å². The molecule has 4 heteroatoms. The van der Waals surface area contributed by atoms with Gasteiger partial charge in [0.2, 0.25) is 0 Å². The van der Waals surface area contributed by atoms with Crippen molar-refractivity contribution in [2.75, 3.05) is 13.1 Å². The quantitative estimate of drug-likeness (QED) is 0.588. The predicted octanol–water partition coefficient (Wildman–Crippen LogP) is 1.31. The fraction of sp³-hybridized carbons (Fsp3) is 1.00. The maximum absolute atomic E-state index is 5.23. The van der Waals surface area contributed by atoms with E-state index < -0.39 is 0 Å². The molecule has 0 bridgehead atoms. The Morgan fingerprint density at radius 1 is 0.667 bits per heavy atom. The molecule has 0 aliphatic rings. The monoisotopic (exact) mass is 358 g/mol. The molecule has 0 aromatic carbocycles. The van der Waals surface area contributed by atoms with Gasteiger partial charge in [-0.3, -0.25) is 0 Å². The van der Waals surface area contributed by atoms with Crippen molar-refractivity contribution in [1.82, 2.24) is 0 Å². The Hall–Kier alpha value is 1.38. The van der Waals surface area contributed by atoms with Crippen LogP contribution in [0.4, 0.5) is 0 Å². The molecule has 0 fully saturated rings. The van der Waals surface area contributed by atoms with Gasteiger partial charge in [0.1, 0.15) is 0 Å². The first-order valence-corrected chi connectivity index (χ1v) is 2.82. The van der Waals surface area contributed by atoms with Crippen LogP contribution in [-0.2, 0) is 0 Å². The van der Waals surface area contributed by atoms with Gasteiger partial charge in [0.15, 0.2) is 0 Å². The number of unbranched alkanes of at least 4 members (excludes halogenated alkanes) is 2. The van der Waals surface area contributed by atoms with E-state index in [0.29, 0.717) is 0 Å². The van der Waals surface area contributed by atoms with Crippen LogP contribution in [0.5, 0.6) is 0 Å². The third-order valence-corrected chi connectivity index (χ3v) is 0.908. The van der Waals surface area contributed by atoms with Gasteiger partial charge in [0.25, 0.3) is 0 Å². The number of nitrogens with two attached hydrogens (primary N) is 2. The van der Waals surface area contributed by atoms with E-state index in [0.717, 1.165) is 25.9 Å². The van der Waals surface area contributed by atoms with E-state index in [2.05, 4.69) is 0 Å². The molecule has 0 amide bonds. The summed E-state index contributed by atoms with van der Waals surface area (Å²) in [5.41, 5.74) is 10.5. The lowest BCUT2D eigenvalue weighted by Crippen LogP contribution is -2.02. The van der Waals surface area contributed by atoms with Crippen LogP contribution in [0.25, 0.3) is 0 Å². The molecule has 0 rings (SSSR count). The first-order valence-electron chi connectivity index (χ1n) is 2.82. The van der Waals surface area contributed by atoms with Gasteiger partial charge in [-0.1, -0.05) is 6.42 Å². The minimum absolute atomic E-state index is 0. The van der Waals surface area contributed by atoms with Crippen LogP contribution in [0, 0.1) is 0 Å². The van der Waals surface area contributed by atoms with Crippen LogP contribution < -0.4 is 11.5 Å². The van der Waals surface area contributed by atoms with Gasteiger partial charge in [0.05, 0.1) is 0 Å². The van der Waals surface area contributed by atoms with Gasteiger partial charge in [0, 0.05) is 0 Å². The molecule has 0 saturated carbocycles. The fourth-order valence-electron chi connectivity index (χ4n) is 0.465. The Bertz CT molecular complexity index is 32.1. The van der Waals surface area contributed by atoms with Crippen molar-refractivity contribution in [1.29, 1.82) is 0 Å². The van der Waals surface area contributed by atoms with Gasteiger partial charge in [-0.2, -0.15) is 0 Å². The standard InChI is InChI=1S/C5H14N2.2HI/c6-4-2-1-3-5-7;;/h1-7H2;2*1H. The third kappa shape index (κ3) is 17.7. The van der Waals surface area contributed by atoms with Gasteiger partial charge in [-0.15, -0.1) is 48.0 Å². The molecule has 60 valence electrons. The van der Waals surface area contributed by atoms with Crippen molar-refractivity contribution in [2.24, 2.45) is 11.5 Å². The second kappa shape index (κ2) is 16.2. The molecule has 0 radical (unpaired) electrons. The minimum atomic E-state index is 0. The first kappa shape index (κ1) is 16.8. The number of hydrogen-bond donors (Lipinski definition) is 2. The predicted molar refractivity (Wildman–Crippen MR) is 62.8 cm³/mol. The number of halogens is 2. The number of hydrogen-bond acceptors (Lipinski definition) is 2. The summed E-state index contributed by atoms with van der Waals surface area (Å²) >= 11 is 0. The molecule has 0 aromatic rings. The zero-order chi connectivity index (χ0) is 5.54. The van der Waals surface area contributed by atoms with E-state index in [4.69, 9.17) is 11.5 Å². The topological polar surface area (TPSA) is 52.0 Å². The van der Waals surface area contributed by atoms with Crippen molar-refractivity contribution in [3.8, 4) is 0 Å². The second-order valence-corrected chi connectivity index (χ2v) is 1.64. The maximum atomic E-state index is 5.23.